The van der Waals surface area contributed by atoms with Gasteiger partial charge in [0.15, 0.2) is 6.61 Å². The van der Waals surface area contributed by atoms with Crippen LogP contribution in [0.4, 0.5) is 5.69 Å². The summed E-state index contributed by atoms with van der Waals surface area (Å²) in [5.41, 5.74) is 3.04. The van der Waals surface area contributed by atoms with Crippen LogP contribution in [-0.4, -0.2) is 35.0 Å². The van der Waals surface area contributed by atoms with Crippen LogP contribution in [0.5, 0.6) is 0 Å². The Morgan fingerprint density at radius 2 is 1.80 bits per heavy atom. The number of esters is 1. The zero-order chi connectivity index (χ0) is 21.7. The second-order valence-electron chi connectivity index (χ2n) is 7.65. The molecule has 0 spiro atoms. The maximum absolute atomic E-state index is 12.6. The van der Waals surface area contributed by atoms with Crippen molar-refractivity contribution in [2.75, 3.05) is 11.9 Å². The van der Waals surface area contributed by atoms with Crippen molar-refractivity contribution in [2.24, 2.45) is 0 Å². The topological polar surface area (TPSA) is 89.4 Å². The molecule has 0 radical (unpaired) electrons. The van der Waals surface area contributed by atoms with Crippen molar-refractivity contribution in [2.45, 2.75) is 59.0 Å². The molecule has 1 aliphatic rings. The third kappa shape index (κ3) is 4.90. The van der Waals surface area contributed by atoms with Gasteiger partial charge < -0.3 is 19.9 Å². The molecular formula is C23H29N3O4. The lowest BCUT2D eigenvalue weighted by molar-refractivity contribution is -0.119. The fourth-order valence-corrected chi connectivity index (χ4v) is 4.01. The van der Waals surface area contributed by atoms with Gasteiger partial charge in [-0.3, -0.25) is 9.59 Å². The summed E-state index contributed by atoms with van der Waals surface area (Å²) < 4.78 is 7.21. The normalized spacial score (nSPS) is 13.8. The zero-order valence-corrected chi connectivity index (χ0v) is 17.8. The number of para-hydroxylation sites is 1. The Bertz CT molecular complexity index is 942. The van der Waals surface area contributed by atoms with Gasteiger partial charge in [0.05, 0.1) is 16.8 Å². The average molecular weight is 412 g/mol. The van der Waals surface area contributed by atoms with E-state index < -0.39 is 18.5 Å². The monoisotopic (exact) mass is 411 g/mol. The molecule has 2 N–H and O–H groups in total. The quantitative estimate of drug-likeness (QED) is 0.682. The Balaban J connectivity index is 1.60. The van der Waals surface area contributed by atoms with Crippen LogP contribution >= 0.6 is 0 Å². The van der Waals surface area contributed by atoms with Crippen LogP contribution in [0.3, 0.4) is 0 Å². The number of carbonyl (C=O) groups excluding carboxylic acids is 3. The molecule has 30 heavy (non-hydrogen) atoms. The number of nitrogens with one attached hydrogen (secondary N) is 2. The maximum Gasteiger partial charge on any atom is 0.340 e. The number of ether oxygens (including phenoxy) is 1. The van der Waals surface area contributed by atoms with Crippen molar-refractivity contribution in [3.63, 3.8) is 0 Å². The fraction of sp³-hybridized carbons (Fsp3) is 0.435. The first-order valence-corrected chi connectivity index (χ1v) is 10.4. The number of carbonyl (C=O) groups is 3. The van der Waals surface area contributed by atoms with E-state index in [0.717, 1.165) is 43.6 Å². The number of hydrogen-bond donors (Lipinski definition) is 2. The molecule has 2 amide bonds. The SMILES string of the molecule is CCn1c(C)cc(C(=O)OCC(=O)Nc2ccccc2C(=O)NC2CCCC2)c1C. The minimum Gasteiger partial charge on any atom is -0.452 e. The summed E-state index contributed by atoms with van der Waals surface area (Å²) in [6.45, 7) is 6.11. The number of rotatable bonds is 7. The van der Waals surface area contributed by atoms with Gasteiger partial charge in [-0.1, -0.05) is 25.0 Å². The standard InChI is InChI=1S/C23H29N3O4/c1-4-26-15(2)13-19(16(26)3)23(29)30-14-21(27)25-20-12-8-7-11-18(20)22(28)24-17-9-5-6-10-17/h7-8,11-13,17H,4-6,9-10,14H2,1-3H3,(H,24,28)(H,25,27). The molecule has 0 aliphatic heterocycles. The first kappa shape index (κ1) is 21.6. The van der Waals surface area contributed by atoms with Crippen LogP contribution in [0.15, 0.2) is 30.3 Å². The van der Waals surface area contributed by atoms with E-state index in [0.29, 0.717) is 16.8 Å². The van der Waals surface area contributed by atoms with Crippen molar-refractivity contribution in [3.05, 3.63) is 52.8 Å². The van der Waals surface area contributed by atoms with Gasteiger partial charge in [0.25, 0.3) is 11.8 Å². The second-order valence-corrected chi connectivity index (χ2v) is 7.65. The number of hydrogen-bond acceptors (Lipinski definition) is 4. The van der Waals surface area contributed by atoms with Crippen LogP contribution in [-0.2, 0) is 16.1 Å². The molecule has 1 aromatic carbocycles. The van der Waals surface area contributed by atoms with Gasteiger partial charge in [-0.05, 0) is 51.8 Å². The van der Waals surface area contributed by atoms with E-state index in [9.17, 15) is 14.4 Å². The first-order valence-electron chi connectivity index (χ1n) is 10.4. The highest BCUT2D eigenvalue weighted by atomic mass is 16.5. The number of nitrogens with zero attached hydrogens (tertiary/aromatic N) is 1. The van der Waals surface area contributed by atoms with Gasteiger partial charge in [0.1, 0.15) is 0 Å². The van der Waals surface area contributed by atoms with Crippen LogP contribution in [0.25, 0.3) is 0 Å². The summed E-state index contributed by atoms with van der Waals surface area (Å²) in [6, 6.07) is 8.78. The molecule has 0 bridgehead atoms. The van der Waals surface area contributed by atoms with Crippen molar-refractivity contribution in [3.8, 4) is 0 Å². The minimum atomic E-state index is -0.537. The van der Waals surface area contributed by atoms with Gasteiger partial charge in [0, 0.05) is 24.0 Å². The first-order chi connectivity index (χ1) is 14.4. The van der Waals surface area contributed by atoms with E-state index >= 15 is 0 Å². The molecule has 0 atom stereocenters. The molecular weight excluding hydrogens is 382 g/mol. The number of aromatic nitrogens is 1. The van der Waals surface area contributed by atoms with Gasteiger partial charge >= 0.3 is 5.97 Å². The predicted molar refractivity (Wildman–Crippen MR) is 115 cm³/mol. The predicted octanol–water partition coefficient (Wildman–Crippen LogP) is 3.59. The molecule has 2 aromatic rings. The minimum absolute atomic E-state index is 0.185. The van der Waals surface area contributed by atoms with E-state index in [1.807, 2.05) is 25.3 Å². The van der Waals surface area contributed by atoms with E-state index in [2.05, 4.69) is 10.6 Å². The van der Waals surface area contributed by atoms with Gasteiger partial charge in [0.2, 0.25) is 0 Å². The summed E-state index contributed by atoms with van der Waals surface area (Å²) in [6.07, 6.45) is 4.20. The molecule has 0 unspecified atom stereocenters. The summed E-state index contributed by atoms with van der Waals surface area (Å²) in [5.74, 6) is -1.24. The van der Waals surface area contributed by atoms with Crippen molar-refractivity contribution in [1.82, 2.24) is 9.88 Å². The van der Waals surface area contributed by atoms with Crippen LogP contribution in [0, 0.1) is 13.8 Å². The Kier molecular flexibility index (Phi) is 6.92. The maximum atomic E-state index is 12.6. The summed E-state index contributed by atoms with van der Waals surface area (Å²) in [4.78, 5) is 37.4. The third-order valence-electron chi connectivity index (χ3n) is 5.58. The third-order valence-corrected chi connectivity index (χ3v) is 5.58. The molecule has 3 rings (SSSR count). The fourth-order valence-electron chi connectivity index (χ4n) is 4.01. The highest BCUT2D eigenvalue weighted by Crippen LogP contribution is 2.20. The Morgan fingerprint density at radius 3 is 2.47 bits per heavy atom. The molecule has 1 aliphatic carbocycles. The molecule has 7 nitrogen and oxygen atoms in total. The summed E-state index contributed by atoms with van der Waals surface area (Å²) in [5, 5.41) is 5.71. The lowest BCUT2D eigenvalue weighted by Gasteiger charge is -2.15. The van der Waals surface area contributed by atoms with Crippen LogP contribution in [0.1, 0.15) is 64.7 Å². The number of aryl methyl sites for hydroxylation is 1. The lowest BCUT2D eigenvalue weighted by atomic mass is 10.1. The number of amides is 2. The van der Waals surface area contributed by atoms with E-state index in [1.54, 1.807) is 30.3 Å². The van der Waals surface area contributed by atoms with E-state index in [4.69, 9.17) is 4.74 Å². The van der Waals surface area contributed by atoms with E-state index in [-0.39, 0.29) is 11.9 Å². The molecule has 1 aromatic heterocycles. The van der Waals surface area contributed by atoms with Gasteiger partial charge in [-0.2, -0.15) is 0 Å². The lowest BCUT2D eigenvalue weighted by Crippen LogP contribution is -2.33. The van der Waals surface area contributed by atoms with Crippen molar-refractivity contribution >= 4 is 23.5 Å². The molecule has 0 saturated heterocycles. The molecule has 7 heteroatoms. The zero-order valence-electron chi connectivity index (χ0n) is 17.8. The van der Waals surface area contributed by atoms with Gasteiger partial charge in [-0.15, -0.1) is 0 Å². The second kappa shape index (κ2) is 9.61. The summed E-state index contributed by atoms with van der Waals surface area (Å²) >= 11 is 0. The van der Waals surface area contributed by atoms with Gasteiger partial charge in [-0.25, -0.2) is 4.79 Å². The average Bonchev–Trinajstić information content (AvgIpc) is 3.33. The highest BCUT2D eigenvalue weighted by molar-refractivity contribution is 6.04. The smallest absolute Gasteiger partial charge is 0.340 e. The number of benzene rings is 1. The Labute approximate surface area is 176 Å². The van der Waals surface area contributed by atoms with Crippen LogP contribution < -0.4 is 10.6 Å². The van der Waals surface area contributed by atoms with E-state index in [1.165, 1.54) is 0 Å². The highest BCUT2D eigenvalue weighted by Gasteiger charge is 2.21. The van der Waals surface area contributed by atoms with Crippen molar-refractivity contribution in [1.29, 1.82) is 0 Å². The number of anilines is 1. The molecule has 1 fully saturated rings. The summed E-state index contributed by atoms with van der Waals surface area (Å²) in [7, 11) is 0. The molecule has 1 heterocycles. The Hall–Kier alpha value is -3.09. The Morgan fingerprint density at radius 1 is 1.10 bits per heavy atom. The molecule has 1 saturated carbocycles. The van der Waals surface area contributed by atoms with Crippen LogP contribution in [0.2, 0.25) is 0 Å². The molecule has 160 valence electrons. The van der Waals surface area contributed by atoms with Crippen molar-refractivity contribution < 1.29 is 19.1 Å². The largest absolute Gasteiger partial charge is 0.452 e.